The summed E-state index contributed by atoms with van der Waals surface area (Å²) in [7, 11) is 4.21. The number of aryl methyl sites for hydroxylation is 1. The Morgan fingerprint density at radius 3 is 1.74 bits per heavy atom. The molecule has 1 aliphatic heterocycles. The van der Waals surface area contributed by atoms with E-state index in [0.717, 1.165) is 98.8 Å². The van der Waals surface area contributed by atoms with E-state index in [2.05, 4.69) is 119 Å². The molecule has 0 unspecified atom stereocenters. The van der Waals surface area contributed by atoms with Gasteiger partial charge in [0.25, 0.3) is 11.8 Å². The quantitative estimate of drug-likeness (QED) is 0.0594. The van der Waals surface area contributed by atoms with Crippen LogP contribution in [0.25, 0.3) is 46.1 Å². The lowest BCUT2D eigenvalue weighted by atomic mass is 10.1. The average Bonchev–Trinajstić information content (AvgIpc) is 3.89. The van der Waals surface area contributed by atoms with Crippen molar-refractivity contribution in [3.05, 3.63) is 138 Å². The zero-order valence-electron chi connectivity index (χ0n) is 39.2. The Balaban J connectivity index is 0.000000226. The van der Waals surface area contributed by atoms with Crippen molar-refractivity contribution in [3.8, 4) is 0 Å². The Morgan fingerprint density at radius 1 is 0.691 bits per heavy atom. The molecule has 1 saturated heterocycles. The standard InChI is InChI=1S/C27H28BrClN4O3.C26H33BrN4O/c28-20-6-9-22-24(18-20)31-23(10-5-19-3-7-21(29)8-4-19)26(22)27(36)30-11-12-32-13-15-33(16-14-32)25(35)2-1-17-34;1-5-30(3)16-17-31(4)15-14-28-26(32)25-22-12-11-21(27)18-24(22)29-23(25)13-10-20-8-6-19(2)7-9-20/h3-10,17-18,31H,1-2,11-16H2,(H,30,36);6-13,18,29H,5,14-17H2,1-4H3,(H,28,32)/b10-5+;13-10+. The van der Waals surface area contributed by atoms with E-state index in [-0.39, 0.29) is 30.6 Å². The van der Waals surface area contributed by atoms with Gasteiger partial charge in [0.15, 0.2) is 0 Å². The predicted molar refractivity (Wildman–Crippen MR) is 286 cm³/mol. The molecule has 4 aromatic carbocycles. The molecule has 0 radical (unpaired) electrons. The highest BCUT2D eigenvalue weighted by Crippen LogP contribution is 2.29. The summed E-state index contributed by atoms with van der Waals surface area (Å²) in [5, 5.41) is 8.63. The average molecular weight is 1070 g/mol. The first-order chi connectivity index (χ1) is 32.8. The van der Waals surface area contributed by atoms with Gasteiger partial charge in [-0.2, -0.15) is 0 Å². The number of hydrogen-bond acceptors (Lipinski definition) is 7. The lowest BCUT2D eigenvalue weighted by molar-refractivity contribution is -0.133. The number of halogens is 3. The molecule has 12 nitrogen and oxygen atoms in total. The van der Waals surface area contributed by atoms with Crippen LogP contribution in [0, 0.1) is 6.92 Å². The summed E-state index contributed by atoms with van der Waals surface area (Å²) in [5.41, 5.74) is 7.96. The third kappa shape index (κ3) is 15.1. The van der Waals surface area contributed by atoms with Gasteiger partial charge in [0, 0.05) is 114 Å². The molecule has 0 spiro atoms. The third-order valence-corrected chi connectivity index (χ3v) is 13.2. The van der Waals surface area contributed by atoms with E-state index in [1.54, 1.807) is 0 Å². The first-order valence-corrected chi connectivity index (χ1v) is 25.0. The van der Waals surface area contributed by atoms with Crippen LogP contribution in [0.1, 0.15) is 68.6 Å². The highest BCUT2D eigenvalue weighted by Gasteiger charge is 2.22. The smallest absolute Gasteiger partial charge is 0.254 e. The topological polar surface area (TPSA) is 137 Å². The minimum absolute atomic E-state index is 0.0280. The second kappa shape index (κ2) is 25.9. The largest absolute Gasteiger partial charge is 0.354 e. The minimum atomic E-state index is -0.137. The van der Waals surface area contributed by atoms with Gasteiger partial charge >= 0.3 is 0 Å². The first kappa shape index (κ1) is 52.0. The predicted octanol–water partition coefficient (Wildman–Crippen LogP) is 9.63. The summed E-state index contributed by atoms with van der Waals surface area (Å²) >= 11 is 13.0. The second-order valence-corrected chi connectivity index (χ2v) is 19.2. The van der Waals surface area contributed by atoms with Gasteiger partial charge < -0.3 is 40.1 Å². The number of piperazine rings is 1. The molecule has 0 aliphatic carbocycles. The molecule has 358 valence electrons. The van der Waals surface area contributed by atoms with Crippen molar-refractivity contribution < 1.29 is 19.2 Å². The third-order valence-electron chi connectivity index (χ3n) is 12.0. The van der Waals surface area contributed by atoms with Gasteiger partial charge in [0.05, 0.1) is 22.5 Å². The van der Waals surface area contributed by atoms with E-state index < -0.39 is 0 Å². The van der Waals surface area contributed by atoms with Gasteiger partial charge in [-0.25, -0.2) is 0 Å². The molecule has 3 amide bonds. The molecule has 3 heterocycles. The molecule has 4 N–H and O–H groups in total. The van der Waals surface area contributed by atoms with E-state index in [4.69, 9.17) is 11.6 Å². The fraction of sp³-hybridized carbons (Fsp3) is 0.321. The Bertz CT molecular complexity index is 2710. The van der Waals surface area contributed by atoms with Crippen LogP contribution < -0.4 is 10.6 Å². The highest BCUT2D eigenvalue weighted by atomic mass is 79.9. The maximum Gasteiger partial charge on any atom is 0.254 e. The Kier molecular flexibility index (Phi) is 19.8. The Hall–Kier alpha value is -5.35. The summed E-state index contributed by atoms with van der Waals surface area (Å²) < 4.78 is 1.91. The van der Waals surface area contributed by atoms with Crippen molar-refractivity contribution >= 4 is 114 Å². The molecule has 68 heavy (non-hydrogen) atoms. The number of carbonyl (C=O) groups is 4. The number of carbonyl (C=O) groups excluding carboxylic acids is 4. The first-order valence-electron chi connectivity index (χ1n) is 23.0. The normalized spacial score (nSPS) is 13.2. The molecule has 15 heteroatoms. The number of fused-ring (bicyclic) bond motifs is 2. The highest BCUT2D eigenvalue weighted by molar-refractivity contribution is 9.10. The number of benzene rings is 4. The van der Waals surface area contributed by atoms with Crippen LogP contribution in [0.4, 0.5) is 0 Å². The van der Waals surface area contributed by atoms with E-state index >= 15 is 0 Å². The summed E-state index contributed by atoms with van der Waals surface area (Å²) in [6.07, 6.45) is 9.20. The number of aldehydes is 1. The van der Waals surface area contributed by atoms with Crippen LogP contribution in [-0.4, -0.2) is 140 Å². The SMILES string of the molecule is CCN(C)CCN(C)CCNC(=O)c1c(/C=C/c2ccc(C)cc2)[nH]c2cc(Br)ccc12.O=CCCC(=O)N1CCN(CCNC(=O)c2c(/C=C/c3ccc(Cl)cc3)[nH]c3cc(Br)ccc23)CC1. The molecule has 2 aromatic heterocycles. The number of rotatable bonds is 19. The monoisotopic (exact) mass is 1070 g/mol. The number of aromatic nitrogens is 2. The molecule has 6 aromatic rings. The van der Waals surface area contributed by atoms with Crippen molar-refractivity contribution in [1.29, 1.82) is 0 Å². The summed E-state index contributed by atoms with van der Waals surface area (Å²) in [6, 6.07) is 27.6. The fourth-order valence-electron chi connectivity index (χ4n) is 7.77. The maximum absolute atomic E-state index is 13.3. The number of nitrogens with one attached hydrogen (secondary N) is 4. The Morgan fingerprint density at radius 2 is 1.21 bits per heavy atom. The molecular formula is C53H61Br2ClN8O4. The molecule has 0 atom stereocenters. The molecular weight excluding hydrogens is 1010 g/mol. The van der Waals surface area contributed by atoms with Gasteiger partial charge in [0.1, 0.15) is 6.29 Å². The van der Waals surface area contributed by atoms with E-state index in [1.807, 2.05) is 89.9 Å². The zero-order valence-corrected chi connectivity index (χ0v) is 43.1. The van der Waals surface area contributed by atoms with Crippen molar-refractivity contribution in [2.75, 3.05) is 86.1 Å². The second-order valence-electron chi connectivity index (χ2n) is 17.0. The number of aromatic amines is 2. The fourth-order valence-corrected chi connectivity index (χ4v) is 8.62. The zero-order chi connectivity index (χ0) is 48.6. The maximum atomic E-state index is 13.3. The molecule has 7 rings (SSSR count). The van der Waals surface area contributed by atoms with Gasteiger partial charge in [0.2, 0.25) is 5.91 Å². The number of likely N-dealkylation sites (N-methyl/N-ethyl adjacent to an activating group) is 2. The number of H-pyrrole nitrogens is 2. The van der Waals surface area contributed by atoms with Crippen LogP contribution in [0.15, 0.2) is 93.9 Å². The van der Waals surface area contributed by atoms with E-state index in [9.17, 15) is 19.2 Å². The summed E-state index contributed by atoms with van der Waals surface area (Å²) in [6.45, 7) is 12.7. The number of amides is 3. The molecule has 1 fully saturated rings. The van der Waals surface area contributed by atoms with Crippen molar-refractivity contribution in [2.24, 2.45) is 0 Å². The van der Waals surface area contributed by atoms with Gasteiger partial charge in [-0.3, -0.25) is 19.3 Å². The van der Waals surface area contributed by atoms with Crippen LogP contribution in [-0.2, 0) is 9.59 Å². The minimum Gasteiger partial charge on any atom is -0.354 e. The van der Waals surface area contributed by atoms with Gasteiger partial charge in [-0.15, -0.1) is 0 Å². The van der Waals surface area contributed by atoms with Crippen LogP contribution in [0.2, 0.25) is 5.02 Å². The van der Waals surface area contributed by atoms with Crippen LogP contribution in [0.3, 0.4) is 0 Å². The lowest BCUT2D eigenvalue weighted by Crippen LogP contribution is -2.50. The molecule has 0 saturated carbocycles. The summed E-state index contributed by atoms with van der Waals surface area (Å²) in [4.78, 5) is 64.4. The molecule has 0 bridgehead atoms. The number of hydrogen-bond donors (Lipinski definition) is 4. The Labute approximate surface area is 421 Å². The van der Waals surface area contributed by atoms with Crippen molar-refractivity contribution in [2.45, 2.75) is 26.7 Å². The van der Waals surface area contributed by atoms with Crippen LogP contribution >= 0.6 is 43.5 Å². The van der Waals surface area contributed by atoms with E-state index in [1.165, 1.54) is 5.56 Å². The van der Waals surface area contributed by atoms with Gasteiger partial charge in [-0.05, 0) is 87.2 Å². The van der Waals surface area contributed by atoms with Crippen LogP contribution in [0.5, 0.6) is 0 Å². The number of nitrogens with zero attached hydrogens (tertiary/aromatic N) is 4. The van der Waals surface area contributed by atoms with Gasteiger partial charge in [-0.1, -0.05) is 117 Å². The van der Waals surface area contributed by atoms with Crippen molar-refractivity contribution in [3.63, 3.8) is 0 Å². The van der Waals surface area contributed by atoms with Crippen molar-refractivity contribution in [1.82, 2.24) is 40.2 Å². The lowest BCUT2D eigenvalue weighted by Gasteiger charge is -2.34. The van der Waals surface area contributed by atoms with E-state index in [0.29, 0.717) is 48.9 Å². The molecule has 1 aliphatic rings. The summed E-state index contributed by atoms with van der Waals surface area (Å²) in [5.74, 6) is -0.164.